The summed E-state index contributed by atoms with van der Waals surface area (Å²) in [6.07, 6.45) is 1.88. The van der Waals surface area contributed by atoms with Gasteiger partial charge >= 0.3 is 5.97 Å². The minimum absolute atomic E-state index is 0.236. The number of aromatic nitrogens is 1. The number of carbonyl (C=O) groups excluding carboxylic acids is 1. The molecule has 1 aromatic carbocycles. The van der Waals surface area contributed by atoms with Crippen LogP contribution in [0, 0.1) is 0 Å². The lowest BCUT2D eigenvalue weighted by molar-refractivity contribution is -0.158. The Morgan fingerprint density at radius 1 is 1.32 bits per heavy atom. The molecule has 102 valence electrons. The molecule has 0 saturated carbocycles. The number of benzene rings is 1. The summed E-state index contributed by atoms with van der Waals surface area (Å²) >= 11 is 5.96. The van der Waals surface area contributed by atoms with E-state index in [0.29, 0.717) is 5.02 Å². The van der Waals surface area contributed by atoms with E-state index in [1.165, 1.54) is 0 Å². The van der Waals surface area contributed by atoms with Gasteiger partial charge in [-0.1, -0.05) is 11.6 Å². The Morgan fingerprint density at radius 2 is 2.00 bits per heavy atom. The molecule has 1 unspecified atom stereocenters. The van der Waals surface area contributed by atoms with Gasteiger partial charge < -0.3 is 9.30 Å². The third-order valence-corrected chi connectivity index (χ3v) is 3.08. The molecule has 1 atom stereocenters. The van der Waals surface area contributed by atoms with Gasteiger partial charge in [0.2, 0.25) is 0 Å². The van der Waals surface area contributed by atoms with E-state index in [4.69, 9.17) is 16.3 Å². The maximum atomic E-state index is 12.1. The van der Waals surface area contributed by atoms with Gasteiger partial charge in [-0.05, 0) is 52.0 Å². The fraction of sp³-hybridized carbons (Fsp3) is 0.400. The van der Waals surface area contributed by atoms with Crippen LogP contribution in [0.15, 0.2) is 30.5 Å². The Labute approximate surface area is 118 Å². The lowest BCUT2D eigenvalue weighted by atomic mass is 10.2. The second kappa shape index (κ2) is 4.89. The van der Waals surface area contributed by atoms with E-state index in [0.717, 1.165) is 10.9 Å². The van der Waals surface area contributed by atoms with Crippen LogP contribution in [0.3, 0.4) is 0 Å². The Balaban J connectivity index is 2.31. The lowest BCUT2D eigenvalue weighted by Gasteiger charge is -2.23. The summed E-state index contributed by atoms with van der Waals surface area (Å²) in [5.41, 5.74) is 0.500. The third-order valence-electron chi connectivity index (χ3n) is 2.85. The number of fused-ring (bicyclic) bond motifs is 1. The maximum absolute atomic E-state index is 12.1. The molecule has 2 aromatic rings. The van der Waals surface area contributed by atoms with Gasteiger partial charge in [0.05, 0.1) is 0 Å². The predicted octanol–water partition coefficient (Wildman–Crippen LogP) is 4.20. The standard InChI is InChI=1S/C15H18ClNO2/c1-10(14(18)19-15(2,3)4)17-8-7-11-9-12(16)5-6-13(11)17/h5-10H,1-4H3. The molecule has 2 rings (SSSR count). The van der Waals surface area contributed by atoms with Crippen molar-refractivity contribution in [2.45, 2.75) is 39.3 Å². The van der Waals surface area contributed by atoms with E-state index in [1.807, 2.05) is 62.7 Å². The van der Waals surface area contributed by atoms with E-state index >= 15 is 0 Å². The van der Waals surface area contributed by atoms with Crippen LogP contribution < -0.4 is 0 Å². The van der Waals surface area contributed by atoms with Crippen LogP contribution in [0.1, 0.15) is 33.7 Å². The smallest absolute Gasteiger partial charge is 0.329 e. The largest absolute Gasteiger partial charge is 0.458 e. The molecular formula is C15H18ClNO2. The molecule has 4 heteroatoms. The second-order valence-corrected chi connectivity index (χ2v) is 6.07. The number of nitrogens with zero attached hydrogens (tertiary/aromatic N) is 1. The van der Waals surface area contributed by atoms with Crippen molar-refractivity contribution in [3.63, 3.8) is 0 Å². The molecular weight excluding hydrogens is 262 g/mol. The molecule has 1 aromatic heterocycles. The highest BCUT2D eigenvalue weighted by molar-refractivity contribution is 6.31. The first-order chi connectivity index (χ1) is 8.78. The normalized spacial score (nSPS) is 13.5. The fourth-order valence-electron chi connectivity index (χ4n) is 1.97. The van der Waals surface area contributed by atoms with Gasteiger partial charge in [0, 0.05) is 22.1 Å². The molecule has 1 heterocycles. The zero-order valence-electron chi connectivity index (χ0n) is 11.6. The fourth-order valence-corrected chi connectivity index (χ4v) is 2.15. The number of halogens is 1. The molecule has 0 radical (unpaired) electrons. The molecule has 0 amide bonds. The lowest BCUT2D eigenvalue weighted by Crippen LogP contribution is -2.28. The van der Waals surface area contributed by atoms with Gasteiger partial charge in [0.15, 0.2) is 0 Å². The van der Waals surface area contributed by atoms with Crippen LogP contribution >= 0.6 is 11.6 Å². The predicted molar refractivity (Wildman–Crippen MR) is 77.5 cm³/mol. The zero-order valence-corrected chi connectivity index (χ0v) is 12.4. The summed E-state index contributed by atoms with van der Waals surface area (Å²) in [6.45, 7) is 7.43. The van der Waals surface area contributed by atoms with E-state index < -0.39 is 5.60 Å². The summed E-state index contributed by atoms with van der Waals surface area (Å²) in [5, 5.41) is 1.71. The Hall–Kier alpha value is -1.48. The summed E-state index contributed by atoms with van der Waals surface area (Å²) in [6, 6.07) is 7.20. The highest BCUT2D eigenvalue weighted by Gasteiger charge is 2.23. The number of rotatable bonds is 2. The molecule has 0 aliphatic rings. The zero-order chi connectivity index (χ0) is 14.2. The van der Waals surface area contributed by atoms with Crippen LogP contribution in [0.4, 0.5) is 0 Å². The van der Waals surface area contributed by atoms with Gasteiger partial charge in [-0.15, -0.1) is 0 Å². The van der Waals surface area contributed by atoms with Crippen LogP contribution in [0.2, 0.25) is 5.02 Å². The molecule has 0 fully saturated rings. The van der Waals surface area contributed by atoms with E-state index in [1.54, 1.807) is 0 Å². The third kappa shape index (κ3) is 3.10. The number of esters is 1. The molecule has 3 nitrogen and oxygen atoms in total. The number of hydrogen-bond acceptors (Lipinski definition) is 2. The minimum Gasteiger partial charge on any atom is -0.458 e. The molecule has 0 saturated heterocycles. The van der Waals surface area contributed by atoms with Crippen LogP contribution in [-0.4, -0.2) is 16.1 Å². The Bertz CT molecular complexity index is 610. The molecule has 19 heavy (non-hydrogen) atoms. The van der Waals surface area contributed by atoms with Gasteiger partial charge in [-0.25, -0.2) is 4.79 Å². The molecule has 0 bridgehead atoms. The quantitative estimate of drug-likeness (QED) is 0.772. The average Bonchev–Trinajstić information content (AvgIpc) is 2.68. The topological polar surface area (TPSA) is 31.2 Å². The number of hydrogen-bond donors (Lipinski definition) is 0. The van der Waals surface area contributed by atoms with Crippen molar-refractivity contribution in [1.82, 2.24) is 4.57 Å². The highest BCUT2D eigenvalue weighted by atomic mass is 35.5. The summed E-state index contributed by atoms with van der Waals surface area (Å²) in [7, 11) is 0. The van der Waals surface area contributed by atoms with E-state index in [2.05, 4.69) is 0 Å². The summed E-state index contributed by atoms with van der Waals surface area (Å²) < 4.78 is 7.31. The van der Waals surface area contributed by atoms with Crippen molar-refractivity contribution < 1.29 is 9.53 Å². The number of ether oxygens (including phenoxy) is 1. The first kappa shape index (κ1) is 13.9. The van der Waals surface area contributed by atoms with Gasteiger partial charge in [-0.3, -0.25) is 0 Å². The average molecular weight is 280 g/mol. The van der Waals surface area contributed by atoms with Crippen molar-refractivity contribution in [3.8, 4) is 0 Å². The van der Waals surface area contributed by atoms with E-state index in [9.17, 15) is 4.79 Å². The summed E-state index contributed by atoms with van der Waals surface area (Å²) in [5.74, 6) is -0.236. The van der Waals surface area contributed by atoms with Crippen molar-refractivity contribution in [2.24, 2.45) is 0 Å². The summed E-state index contributed by atoms with van der Waals surface area (Å²) in [4.78, 5) is 12.1. The molecule has 0 aliphatic carbocycles. The SMILES string of the molecule is CC(C(=O)OC(C)(C)C)n1ccc2cc(Cl)ccc21. The first-order valence-corrected chi connectivity index (χ1v) is 6.65. The molecule has 0 N–H and O–H groups in total. The van der Waals surface area contributed by atoms with Gasteiger partial charge in [-0.2, -0.15) is 0 Å². The van der Waals surface area contributed by atoms with Crippen LogP contribution in [-0.2, 0) is 9.53 Å². The van der Waals surface area contributed by atoms with Crippen LogP contribution in [0.5, 0.6) is 0 Å². The minimum atomic E-state index is -0.475. The van der Waals surface area contributed by atoms with Crippen molar-refractivity contribution in [3.05, 3.63) is 35.5 Å². The molecule has 0 aliphatic heterocycles. The van der Waals surface area contributed by atoms with E-state index in [-0.39, 0.29) is 12.0 Å². The van der Waals surface area contributed by atoms with Crippen LogP contribution in [0.25, 0.3) is 10.9 Å². The van der Waals surface area contributed by atoms with Crippen molar-refractivity contribution >= 4 is 28.5 Å². The van der Waals surface area contributed by atoms with Gasteiger partial charge in [0.1, 0.15) is 11.6 Å². The highest BCUT2D eigenvalue weighted by Crippen LogP contribution is 2.24. The number of carbonyl (C=O) groups is 1. The van der Waals surface area contributed by atoms with Crippen molar-refractivity contribution in [2.75, 3.05) is 0 Å². The first-order valence-electron chi connectivity index (χ1n) is 6.27. The second-order valence-electron chi connectivity index (χ2n) is 5.64. The van der Waals surface area contributed by atoms with Gasteiger partial charge in [0.25, 0.3) is 0 Å². The monoisotopic (exact) mass is 279 g/mol. The van der Waals surface area contributed by atoms with Crippen molar-refractivity contribution in [1.29, 1.82) is 0 Å². The Kier molecular flexibility index (Phi) is 3.59. The Morgan fingerprint density at radius 3 is 2.63 bits per heavy atom. The maximum Gasteiger partial charge on any atom is 0.329 e. The molecule has 0 spiro atoms.